The second-order valence-electron chi connectivity index (χ2n) is 6.01. The van der Waals surface area contributed by atoms with Crippen molar-refractivity contribution in [3.05, 3.63) is 71.8 Å². The Kier molecular flexibility index (Phi) is 5.91. The predicted molar refractivity (Wildman–Crippen MR) is 98.1 cm³/mol. The summed E-state index contributed by atoms with van der Waals surface area (Å²) in [5, 5.41) is 3.42. The molecular formula is C21H25NO2. The van der Waals surface area contributed by atoms with E-state index in [-0.39, 0.29) is 6.10 Å². The van der Waals surface area contributed by atoms with Crippen molar-refractivity contribution in [1.82, 2.24) is 5.32 Å². The fourth-order valence-electron chi connectivity index (χ4n) is 2.78. The van der Waals surface area contributed by atoms with Crippen LogP contribution in [-0.2, 0) is 11.2 Å². The van der Waals surface area contributed by atoms with Gasteiger partial charge in [0.1, 0.15) is 24.2 Å². The molecule has 0 bridgehead atoms. The standard InChI is InChI=1S/C21H25NO2/c1-2-14-22-15-18-16-23-20-11-7-6-10-19(20)21(24-18)13-12-17-8-4-3-5-9-17/h3-11,13,18,22H,2,12,14-16H2,1H3/b21-13+. The Bertz CT molecular complexity index is 667. The molecule has 0 spiro atoms. The number of hydrogen-bond acceptors (Lipinski definition) is 3. The summed E-state index contributed by atoms with van der Waals surface area (Å²) in [6.07, 6.45) is 4.14. The van der Waals surface area contributed by atoms with E-state index in [4.69, 9.17) is 9.47 Å². The van der Waals surface area contributed by atoms with Gasteiger partial charge in [-0.05, 0) is 43.2 Å². The molecule has 0 saturated heterocycles. The lowest BCUT2D eigenvalue weighted by Crippen LogP contribution is -2.33. The molecule has 1 aliphatic rings. The summed E-state index contributed by atoms with van der Waals surface area (Å²) in [6.45, 7) is 4.52. The van der Waals surface area contributed by atoms with Crippen LogP contribution in [-0.4, -0.2) is 25.8 Å². The smallest absolute Gasteiger partial charge is 0.145 e. The third-order valence-electron chi connectivity index (χ3n) is 4.04. The van der Waals surface area contributed by atoms with E-state index < -0.39 is 0 Å². The summed E-state index contributed by atoms with van der Waals surface area (Å²) in [5.41, 5.74) is 2.31. The van der Waals surface area contributed by atoms with Crippen LogP contribution in [0.3, 0.4) is 0 Å². The summed E-state index contributed by atoms with van der Waals surface area (Å²) in [5.74, 6) is 1.81. The van der Waals surface area contributed by atoms with Crippen molar-refractivity contribution in [1.29, 1.82) is 0 Å². The second-order valence-corrected chi connectivity index (χ2v) is 6.01. The van der Waals surface area contributed by atoms with Gasteiger partial charge in [-0.25, -0.2) is 0 Å². The first-order valence-corrected chi connectivity index (χ1v) is 8.70. The van der Waals surface area contributed by atoms with Gasteiger partial charge in [0, 0.05) is 6.54 Å². The number of nitrogens with one attached hydrogen (secondary N) is 1. The van der Waals surface area contributed by atoms with Crippen LogP contribution < -0.4 is 10.1 Å². The highest BCUT2D eigenvalue weighted by molar-refractivity contribution is 5.66. The molecule has 1 heterocycles. The van der Waals surface area contributed by atoms with Crippen LogP contribution in [0.5, 0.6) is 5.75 Å². The van der Waals surface area contributed by atoms with Gasteiger partial charge in [0.05, 0.1) is 5.56 Å². The van der Waals surface area contributed by atoms with Crippen LogP contribution in [0.15, 0.2) is 60.7 Å². The van der Waals surface area contributed by atoms with Crippen LogP contribution in [0.4, 0.5) is 0 Å². The molecule has 1 unspecified atom stereocenters. The van der Waals surface area contributed by atoms with Crippen LogP contribution in [0, 0.1) is 0 Å². The van der Waals surface area contributed by atoms with E-state index in [1.54, 1.807) is 0 Å². The summed E-state index contributed by atoms with van der Waals surface area (Å²) in [4.78, 5) is 0. The average molecular weight is 323 g/mol. The minimum absolute atomic E-state index is 0.0194. The van der Waals surface area contributed by atoms with E-state index in [1.807, 2.05) is 24.3 Å². The first-order chi connectivity index (χ1) is 11.9. The van der Waals surface area contributed by atoms with Crippen LogP contribution >= 0.6 is 0 Å². The fraction of sp³-hybridized carbons (Fsp3) is 0.333. The second kappa shape index (κ2) is 8.55. The number of para-hydroxylation sites is 1. The first kappa shape index (κ1) is 16.6. The third-order valence-corrected chi connectivity index (χ3v) is 4.04. The lowest BCUT2D eigenvalue weighted by molar-refractivity contribution is 0.114. The van der Waals surface area contributed by atoms with Crippen LogP contribution in [0.25, 0.3) is 5.76 Å². The van der Waals surface area contributed by atoms with E-state index in [9.17, 15) is 0 Å². The Hall–Kier alpha value is -2.26. The Labute approximate surface area is 144 Å². The highest BCUT2D eigenvalue weighted by Crippen LogP contribution is 2.31. The highest BCUT2D eigenvalue weighted by Gasteiger charge is 2.21. The zero-order valence-corrected chi connectivity index (χ0v) is 14.2. The Morgan fingerprint density at radius 2 is 1.88 bits per heavy atom. The first-order valence-electron chi connectivity index (χ1n) is 8.70. The van der Waals surface area contributed by atoms with Crippen molar-refractivity contribution < 1.29 is 9.47 Å². The number of rotatable bonds is 6. The molecule has 2 aromatic rings. The molecule has 3 nitrogen and oxygen atoms in total. The third kappa shape index (κ3) is 4.39. The molecule has 1 atom stereocenters. The normalized spacial score (nSPS) is 18.4. The van der Waals surface area contributed by atoms with Crippen molar-refractivity contribution in [2.24, 2.45) is 0 Å². The average Bonchev–Trinajstić information content (AvgIpc) is 2.81. The van der Waals surface area contributed by atoms with Gasteiger partial charge in [0.15, 0.2) is 0 Å². The van der Waals surface area contributed by atoms with Crippen molar-refractivity contribution in [2.75, 3.05) is 19.7 Å². The largest absolute Gasteiger partial charge is 0.489 e. The quantitative estimate of drug-likeness (QED) is 0.814. The highest BCUT2D eigenvalue weighted by atomic mass is 16.5. The van der Waals surface area contributed by atoms with E-state index in [0.29, 0.717) is 6.61 Å². The molecule has 3 rings (SSSR count). The molecule has 24 heavy (non-hydrogen) atoms. The molecule has 0 aromatic heterocycles. The van der Waals surface area contributed by atoms with Gasteiger partial charge in [0.2, 0.25) is 0 Å². The maximum absolute atomic E-state index is 6.28. The molecule has 126 valence electrons. The Balaban J connectivity index is 1.79. The van der Waals surface area contributed by atoms with Gasteiger partial charge in [-0.15, -0.1) is 0 Å². The number of fused-ring (bicyclic) bond motifs is 1. The van der Waals surface area contributed by atoms with Crippen LogP contribution in [0.2, 0.25) is 0 Å². The van der Waals surface area contributed by atoms with Crippen molar-refractivity contribution in [3.8, 4) is 5.75 Å². The SMILES string of the molecule is CCCNCC1COc2ccccc2/C(=C\Cc2ccccc2)O1. The Morgan fingerprint density at radius 1 is 1.08 bits per heavy atom. The summed E-state index contributed by atoms with van der Waals surface area (Å²) < 4.78 is 12.2. The van der Waals surface area contributed by atoms with E-state index in [1.165, 1.54) is 5.56 Å². The van der Waals surface area contributed by atoms with Gasteiger partial charge in [-0.1, -0.05) is 49.4 Å². The molecule has 0 aliphatic carbocycles. The number of hydrogen-bond donors (Lipinski definition) is 1. The van der Waals surface area contributed by atoms with Gasteiger partial charge >= 0.3 is 0 Å². The number of ether oxygens (including phenoxy) is 2. The monoisotopic (exact) mass is 323 g/mol. The lowest BCUT2D eigenvalue weighted by Gasteiger charge is -2.17. The molecule has 1 N–H and O–H groups in total. The molecule has 0 amide bonds. The Morgan fingerprint density at radius 3 is 2.71 bits per heavy atom. The molecule has 1 aliphatic heterocycles. The van der Waals surface area contributed by atoms with Crippen LogP contribution in [0.1, 0.15) is 24.5 Å². The molecule has 0 radical (unpaired) electrons. The van der Waals surface area contributed by atoms with E-state index in [0.717, 1.165) is 43.0 Å². The zero-order valence-electron chi connectivity index (χ0n) is 14.2. The molecule has 0 saturated carbocycles. The van der Waals surface area contributed by atoms with Crippen molar-refractivity contribution in [2.45, 2.75) is 25.9 Å². The number of benzene rings is 2. The molecular weight excluding hydrogens is 298 g/mol. The topological polar surface area (TPSA) is 30.5 Å². The molecule has 3 heteroatoms. The molecule has 0 fully saturated rings. The van der Waals surface area contributed by atoms with Gasteiger partial charge < -0.3 is 14.8 Å². The van der Waals surface area contributed by atoms with Gasteiger partial charge in [0.25, 0.3) is 0 Å². The van der Waals surface area contributed by atoms with Gasteiger partial charge in [-0.2, -0.15) is 0 Å². The zero-order chi connectivity index (χ0) is 16.6. The van der Waals surface area contributed by atoms with Crippen molar-refractivity contribution >= 4 is 5.76 Å². The minimum Gasteiger partial charge on any atom is -0.489 e. The lowest BCUT2D eigenvalue weighted by atomic mass is 10.1. The maximum atomic E-state index is 6.28. The van der Waals surface area contributed by atoms with Crippen molar-refractivity contribution in [3.63, 3.8) is 0 Å². The van der Waals surface area contributed by atoms with E-state index in [2.05, 4.69) is 48.6 Å². The summed E-state index contributed by atoms with van der Waals surface area (Å²) in [6, 6.07) is 18.5. The minimum atomic E-state index is 0.0194. The maximum Gasteiger partial charge on any atom is 0.145 e. The molecule has 2 aromatic carbocycles. The predicted octanol–water partition coefficient (Wildman–Crippen LogP) is 4.05. The fourth-order valence-corrected chi connectivity index (χ4v) is 2.78. The van der Waals surface area contributed by atoms with E-state index >= 15 is 0 Å². The summed E-state index contributed by atoms with van der Waals surface area (Å²) >= 11 is 0. The summed E-state index contributed by atoms with van der Waals surface area (Å²) in [7, 11) is 0. The van der Waals surface area contributed by atoms with Gasteiger partial charge in [-0.3, -0.25) is 0 Å². The number of allylic oxidation sites excluding steroid dienone is 1.